The molecule has 0 fully saturated rings. The molecule has 0 atom stereocenters. The Labute approximate surface area is 118 Å². The van der Waals surface area contributed by atoms with Crippen LogP contribution in [0.2, 0.25) is 0 Å². The molecular formula is C12H10N6O3. The van der Waals surface area contributed by atoms with Crippen molar-refractivity contribution in [1.82, 2.24) is 19.5 Å². The predicted octanol–water partition coefficient (Wildman–Crippen LogP) is 1.58. The van der Waals surface area contributed by atoms with Gasteiger partial charge in [-0.25, -0.2) is 15.0 Å². The lowest BCUT2D eigenvalue weighted by molar-refractivity contribution is -0.384. The number of fused-ring (bicyclic) bond motifs is 1. The Morgan fingerprint density at radius 1 is 1.24 bits per heavy atom. The van der Waals surface area contributed by atoms with Crippen molar-refractivity contribution in [3.8, 4) is 0 Å². The van der Waals surface area contributed by atoms with E-state index < -0.39 is 4.92 Å². The van der Waals surface area contributed by atoms with E-state index in [2.05, 4.69) is 15.0 Å². The standard InChI is InChI=1S/C12H10N6O3/c19-16-11-10-12(14-6-13-11)17(7-15-10)5-8-1-3-9(4-2-8)18(20)21/h1-4,6-7,19H,5H2,(H,13,14,16). The first-order valence-electron chi connectivity index (χ1n) is 5.98. The monoisotopic (exact) mass is 286 g/mol. The summed E-state index contributed by atoms with van der Waals surface area (Å²) in [5, 5.41) is 19.6. The number of nitrogens with zero attached hydrogens (tertiary/aromatic N) is 5. The summed E-state index contributed by atoms with van der Waals surface area (Å²) in [6.45, 7) is 0.455. The second-order valence-corrected chi connectivity index (χ2v) is 4.30. The summed E-state index contributed by atoms with van der Waals surface area (Å²) in [5.41, 5.74) is 3.88. The first-order valence-corrected chi connectivity index (χ1v) is 5.98. The van der Waals surface area contributed by atoms with Gasteiger partial charge >= 0.3 is 0 Å². The van der Waals surface area contributed by atoms with Crippen LogP contribution >= 0.6 is 0 Å². The first-order chi connectivity index (χ1) is 10.2. The molecule has 0 aliphatic heterocycles. The molecule has 3 aromatic rings. The fraction of sp³-hybridized carbons (Fsp3) is 0.0833. The smallest absolute Gasteiger partial charge is 0.269 e. The van der Waals surface area contributed by atoms with Crippen LogP contribution in [0.4, 0.5) is 11.5 Å². The van der Waals surface area contributed by atoms with Gasteiger partial charge in [-0.1, -0.05) is 12.1 Å². The lowest BCUT2D eigenvalue weighted by Crippen LogP contribution is -2.01. The van der Waals surface area contributed by atoms with Gasteiger partial charge in [0.1, 0.15) is 6.33 Å². The maximum Gasteiger partial charge on any atom is 0.269 e. The van der Waals surface area contributed by atoms with E-state index in [-0.39, 0.29) is 11.5 Å². The van der Waals surface area contributed by atoms with Crippen molar-refractivity contribution < 1.29 is 10.1 Å². The van der Waals surface area contributed by atoms with Crippen LogP contribution in [0, 0.1) is 10.1 Å². The fourth-order valence-corrected chi connectivity index (χ4v) is 2.00. The van der Waals surface area contributed by atoms with Crippen molar-refractivity contribution in [1.29, 1.82) is 0 Å². The third kappa shape index (κ3) is 2.37. The SMILES string of the molecule is O=[N+]([O-])c1ccc(Cn2cnc3c(NO)ncnc32)cc1. The lowest BCUT2D eigenvalue weighted by Gasteiger charge is -2.04. The second-order valence-electron chi connectivity index (χ2n) is 4.30. The number of anilines is 1. The Kier molecular flexibility index (Phi) is 3.16. The van der Waals surface area contributed by atoms with Crippen molar-refractivity contribution in [3.63, 3.8) is 0 Å². The summed E-state index contributed by atoms with van der Waals surface area (Å²) in [7, 11) is 0. The zero-order chi connectivity index (χ0) is 14.8. The van der Waals surface area contributed by atoms with E-state index in [1.165, 1.54) is 18.5 Å². The number of nitro groups is 1. The summed E-state index contributed by atoms with van der Waals surface area (Å²) in [6.07, 6.45) is 2.89. The molecule has 9 nitrogen and oxygen atoms in total. The zero-order valence-corrected chi connectivity index (χ0v) is 10.7. The molecule has 0 aliphatic rings. The Morgan fingerprint density at radius 3 is 2.67 bits per heavy atom. The summed E-state index contributed by atoms with van der Waals surface area (Å²) in [4.78, 5) is 22.3. The molecule has 0 aliphatic carbocycles. The Hall–Kier alpha value is -3.07. The van der Waals surface area contributed by atoms with Gasteiger partial charge < -0.3 is 4.57 Å². The van der Waals surface area contributed by atoms with E-state index in [0.29, 0.717) is 17.7 Å². The van der Waals surface area contributed by atoms with E-state index >= 15 is 0 Å². The van der Waals surface area contributed by atoms with E-state index in [4.69, 9.17) is 5.21 Å². The van der Waals surface area contributed by atoms with E-state index in [1.54, 1.807) is 23.0 Å². The normalized spacial score (nSPS) is 10.7. The molecule has 0 saturated carbocycles. The highest BCUT2D eigenvalue weighted by Gasteiger charge is 2.10. The van der Waals surface area contributed by atoms with E-state index in [0.717, 1.165) is 5.56 Å². The molecule has 0 amide bonds. The number of rotatable bonds is 4. The molecule has 9 heteroatoms. The number of aromatic nitrogens is 4. The van der Waals surface area contributed by atoms with Gasteiger partial charge in [0.25, 0.3) is 5.69 Å². The first kappa shape index (κ1) is 12.9. The number of hydrogen-bond donors (Lipinski definition) is 2. The molecule has 1 aromatic carbocycles. The molecule has 0 radical (unpaired) electrons. The van der Waals surface area contributed by atoms with Crippen LogP contribution in [0.5, 0.6) is 0 Å². The molecule has 0 unspecified atom stereocenters. The van der Waals surface area contributed by atoms with Crippen LogP contribution in [0.15, 0.2) is 36.9 Å². The predicted molar refractivity (Wildman–Crippen MR) is 72.9 cm³/mol. The van der Waals surface area contributed by atoms with Crippen molar-refractivity contribution in [3.05, 3.63) is 52.6 Å². The summed E-state index contributed by atoms with van der Waals surface area (Å²) in [5.74, 6) is 0.224. The van der Waals surface area contributed by atoms with Crippen LogP contribution in [-0.4, -0.2) is 29.6 Å². The van der Waals surface area contributed by atoms with Crippen LogP contribution < -0.4 is 5.48 Å². The minimum atomic E-state index is -0.442. The molecule has 21 heavy (non-hydrogen) atoms. The van der Waals surface area contributed by atoms with Gasteiger partial charge in [-0.2, -0.15) is 0 Å². The highest BCUT2D eigenvalue weighted by Crippen LogP contribution is 2.18. The number of non-ortho nitro benzene ring substituents is 1. The van der Waals surface area contributed by atoms with Crippen molar-refractivity contribution in [2.45, 2.75) is 6.54 Å². The van der Waals surface area contributed by atoms with E-state index in [1.807, 2.05) is 5.48 Å². The zero-order valence-electron chi connectivity index (χ0n) is 10.7. The molecule has 106 valence electrons. The lowest BCUT2D eigenvalue weighted by atomic mass is 10.2. The van der Waals surface area contributed by atoms with Crippen LogP contribution in [-0.2, 0) is 6.54 Å². The van der Waals surface area contributed by atoms with Gasteiger partial charge in [0.2, 0.25) is 0 Å². The molecule has 2 heterocycles. The number of nitrogens with one attached hydrogen (secondary N) is 1. The third-order valence-electron chi connectivity index (χ3n) is 3.01. The van der Waals surface area contributed by atoms with Gasteiger partial charge in [-0.3, -0.25) is 20.8 Å². The Morgan fingerprint density at radius 2 is 2.00 bits per heavy atom. The van der Waals surface area contributed by atoms with Crippen LogP contribution in [0.1, 0.15) is 5.56 Å². The molecule has 2 N–H and O–H groups in total. The minimum absolute atomic E-state index is 0.0448. The third-order valence-corrected chi connectivity index (χ3v) is 3.01. The average Bonchev–Trinajstić information content (AvgIpc) is 2.91. The van der Waals surface area contributed by atoms with Crippen molar-refractivity contribution >= 4 is 22.7 Å². The summed E-state index contributed by atoms with van der Waals surface area (Å²) < 4.78 is 1.76. The van der Waals surface area contributed by atoms with Gasteiger partial charge in [-0.15, -0.1) is 0 Å². The quantitative estimate of drug-likeness (QED) is 0.552. The molecule has 0 bridgehead atoms. The molecule has 0 spiro atoms. The van der Waals surface area contributed by atoms with Gasteiger partial charge in [-0.05, 0) is 5.56 Å². The number of nitro benzene ring substituents is 1. The number of imidazole rings is 1. The van der Waals surface area contributed by atoms with Crippen molar-refractivity contribution in [2.24, 2.45) is 0 Å². The van der Waals surface area contributed by atoms with Gasteiger partial charge in [0.05, 0.1) is 17.8 Å². The molecule has 0 saturated heterocycles. The average molecular weight is 286 g/mol. The fourth-order valence-electron chi connectivity index (χ4n) is 2.00. The maximum absolute atomic E-state index is 10.6. The highest BCUT2D eigenvalue weighted by atomic mass is 16.6. The summed E-state index contributed by atoms with van der Waals surface area (Å²) >= 11 is 0. The molecular weight excluding hydrogens is 276 g/mol. The summed E-state index contributed by atoms with van der Waals surface area (Å²) in [6, 6.07) is 6.25. The molecule has 2 aromatic heterocycles. The molecule has 3 rings (SSSR count). The van der Waals surface area contributed by atoms with Gasteiger partial charge in [0, 0.05) is 12.1 Å². The van der Waals surface area contributed by atoms with Gasteiger partial charge in [0.15, 0.2) is 17.0 Å². The maximum atomic E-state index is 10.6. The topological polar surface area (TPSA) is 119 Å². The minimum Gasteiger partial charge on any atom is -0.311 e. The Bertz CT molecular complexity index is 798. The second kappa shape index (κ2) is 5.13. The largest absolute Gasteiger partial charge is 0.311 e. The van der Waals surface area contributed by atoms with Crippen LogP contribution in [0.25, 0.3) is 11.2 Å². The number of benzene rings is 1. The van der Waals surface area contributed by atoms with E-state index in [9.17, 15) is 10.1 Å². The van der Waals surface area contributed by atoms with Crippen LogP contribution in [0.3, 0.4) is 0 Å². The highest BCUT2D eigenvalue weighted by molar-refractivity contribution is 5.82. The number of hydrogen-bond acceptors (Lipinski definition) is 7. The van der Waals surface area contributed by atoms with Crippen molar-refractivity contribution in [2.75, 3.05) is 5.48 Å². The Balaban J connectivity index is 1.93.